The van der Waals surface area contributed by atoms with Gasteiger partial charge in [-0.15, -0.1) is 12.4 Å². The molecule has 1 unspecified atom stereocenters. The van der Waals surface area contributed by atoms with E-state index >= 15 is 0 Å². The highest BCUT2D eigenvalue weighted by Crippen LogP contribution is 2.47. The summed E-state index contributed by atoms with van der Waals surface area (Å²) < 4.78 is 17.7. The van der Waals surface area contributed by atoms with Gasteiger partial charge in [0.25, 0.3) is 0 Å². The molecule has 2 aliphatic heterocycles. The van der Waals surface area contributed by atoms with Crippen LogP contribution in [0.2, 0.25) is 0 Å². The highest BCUT2D eigenvalue weighted by Gasteiger charge is 2.29. The van der Waals surface area contributed by atoms with Crippen molar-refractivity contribution >= 4 is 29.6 Å². The van der Waals surface area contributed by atoms with E-state index in [4.69, 9.17) is 14.2 Å². The van der Waals surface area contributed by atoms with Crippen molar-refractivity contribution in [2.24, 2.45) is 5.92 Å². The maximum absolute atomic E-state index is 6.65. The molecule has 0 saturated carbocycles. The Hall–Kier alpha value is -3.21. The summed E-state index contributed by atoms with van der Waals surface area (Å²) in [6.45, 7) is 7.92. The average molecular weight is 518 g/mol. The zero-order valence-corrected chi connectivity index (χ0v) is 22.9. The molecule has 37 heavy (non-hydrogen) atoms. The molecule has 0 N–H and O–H groups in total. The molecule has 0 aliphatic carbocycles. The van der Waals surface area contributed by atoms with Crippen LogP contribution in [0, 0.1) is 5.92 Å². The van der Waals surface area contributed by atoms with Crippen LogP contribution >= 0.6 is 12.4 Å². The molecule has 2 aliphatic rings. The topological polar surface area (TPSA) is 30.9 Å². The minimum absolute atomic E-state index is 0. The van der Waals surface area contributed by atoms with Crippen molar-refractivity contribution < 1.29 is 14.2 Å². The molecular formula is C32H36ClNO3. The van der Waals surface area contributed by atoms with E-state index in [9.17, 15) is 0 Å². The van der Waals surface area contributed by atoms with Crippen LogP contribution in [0.1, 0.15) is 48.6 Å². The molecule has 0 radical (unpaired) electrons. The van der Waals surface area contributed by atoms with Crippen LogP contribution in [0.3, 0.4) is 0 Å². The Kier molecular flexibility index (Phi) is 8.63. The molecule has 5 heteroatoms. The molecular weight excluding hydrogens is 482 g/mol. The van der Waals surface area contributed by atoms with Crippen LogP contribution in [-0.4, -0.2) is 38.8 Å². The molecule has 0 aromatic heterocycles. The third-order valence-corrected chi connectivity index (χ3v) is 7.30. The quantitative estimate of drug-likeness (QED) is 0.324. The van der Waals surface area contributed by atoms with Gasteiger partial charge in [0.05, 0.1) is 14.2 Å². The minimum atomic E-state index is -0.220. The van der Waals surface area contributed by atoms with Crippen LogP contribution in [0.15, 0.2) is 72.8 Å². The number of nitrogens with zero attached hydrogens (tertiary/aromatic N) is 1. The van der Waals surface area contributed by atoms with Crippen molar-refractivity contribution in [3.63, 3.8) is 0 Å². The third-order valence-electron chi connectivity index (χ3n) is 7.30. The van der Waals surface area contributed by atoms with Gasteiger partial charge in [-0.2, -0.15) is 0 Å². The first-order valence-electron chi connectivity index (χ1n) is 12.7. The van der Waals surface area contributed by atoms with Crippen molar-refractivity contribution in [1.82, 2.24) is 4.90 Å². The summed E-state index contributed by atoms with van der Waals surface area (Å²) in [5.74, 6) is 3.33. The van der Waals surface area contributed by atoms with E-state index in [1.165, 1.54) is 30.6 Å². The van der Waals surface area contributed by atoms with E-state index < -0.39 is 0 Å². The second kappa shape index (κ2) is 11.9. The van der Waals surface area contributed by atoms with Gasteiger partial charge in [-0.1, -0.05) is 55.5 Å². The number of hydrogen-bond acceptors (Lipinski definition) is 4. The van der Waals surface area contributed by atoms with E-state index in [0.29, 0.717) is 0 Å². The molecule has 0 bridgehead atoms. The summed E-state index contributed by atoms with van der Waals surface area (Å²) in [7, 11) is 3.39. The van der Waals surface area contributed by atoms with Gasteiger partial charge < -0.3 is 14.2 Å². The van der Waals surface area contributed by atoms with Crippen LogP contribution in [0.5, 0.6) is 17.2 Å². The Labute approximate surface area is 227 Å². The molecule has 3 aromatic carbocycles. The van der Waals surface area contributed by atoms with Gasteiger partial charge >= 0.3 is 0 Å². The summed E-state index contributed by atoms with van der Waals surface area (Å²) in [6.07, 6.45) is 5.59. The Morgan fingerprint density at radius 3 is 2.43 bits per heavy atom. The van der Waals surface area contributed by atoms with Crippen molar-refractivity contribution in [3.05, 3.63) is 95.1 Å². The molecule has 1 saturated heterocycles. The molecule has 194 valence electrons. The largest absolute Gasteiger partial charge is 0.497 e. The maximum atomic E-state index is 6.65. The van der Waals surface area contributed by atoms with Crippen LogP contribution < -0.4 is 14.2 Å². The van der Waals surface area contributed by atoms with Crippen molar-refractivity contribution in [2.75, 3.05) is 33.9 Å². The number of ether oxygens (including phenoxy) is 3. The minimum Gasteiger partial charge on any atom is -0.497 e. The van der Waals surface area contributed by atoms with Crippen molar-refractivity contribution in [2.45, 2.75) is 26.4 Å². The molecule has 3 aromatic rings. The summed E-state index contributed by atoms with van der Waals surface area (Å²) >= 11 is 0. The number of benzene rings is 3. The zero-order chi connectivity index (χ0) is 25.1. The first-order chi connectivity index (χ1) is 17.6. The van der Waals surface area contributed by atoms with E-state index in [0.717, 1.165) is 52.0 Å². The van der Waals surface area contributed by atoms with Gasteiger partial charge in [0.2, 0.25) is 0 Å². The highest BCUT2D eigenvalue weighted by atomic mass is 35.5. The number of likely N-dealkylation sites (tertiary alicyclic amines) is 1. The van der Waals surface area contributed by atoms with Gasteiger partial charge in [0, 0.05) is 24.2 Å². The third kappa shape index (κ3) is 5.87. The van der Waals surface area contributed by atoms with E-state index in [1.54, 1.807) is 14.2 Å². The lowest BCUT2D eigenvalue weighted by molar-refractivity contribution is 0.259. The number of hydrogen-bond donors (Lipinski definition) is 0. The van der Waals surface area contributed by atoms with E-state index in [-0.39, 0.29) is 18.5 Å². The predicted molar refractivity (Wildman–Crippen MR) is 155 cm³/mol. The zero-order valence-electron chi connectivity index (χ0n) is 22.1. The number of fused-ring (bicyclic) bond motifs is 1. The van der Waals surface area contributed by atoms with Crippen molar-refractivity contribution in [1.29, 1.82) is 0 Å². The second-order valence-electron chi connectivity index (χ2n) is 9.85. The standard InChI is InChI=1S/C32H35NO3.ClH/c1-22-16-18-33(21-22)17-6-7-24-10-12-25(13-11-24)32-31(26-8-5-9-27(19-26)34-3)23(2)29-20-28(35-4)14-15-30(29)36-32;/h5-15,19-20,22,32H,16-18,21H2,1-4H3;1H/b7-6-;/t22-,32?;/m1./s1. The fraction of sp³-hybridized carbons (Fsp3) is 0.312. The number of allylic oxidation sites excluding steroid dienone is 1. The summed E-state index contributed by atoms with van der Waals surface area (Å²) in [5, 5.41) is 0. The number of rotatable bonds is 7. The molecule has 0 spiro atoms. The molecule has 2 heterocycles. The Balaban J connectivity index is 0.00000320. The first kappa shape index (κ1) is 26.8. The Morgan fingerprint density at radius 1 is 0.973 bits per heavy atom. The molecule has 1 fully saturated rings. The molecule has 2 atom stereocenters. The average Bonchev–Trinajstić information content (AvgIpc) is 3.33. The lowest BCUT2D eigenvalue weighted by atomic mass is 9.86. The molecule has 4 nitrogen and oxygen atoms in total. The first-order valence-corrected chi connectivity index (χ1v) is 12.7. The van der Waals surface area contributed by atoms with Crippen molar-refractivity contribution in [3.8, 4) is 17.2 Å². The van der Waals surface area contributed by atoms with E-state index in [2.05, 4.69) is 73.4 Å². The van der Waals surface area contributed by atoms with Gasteiger partial charge in [-0.25, -0.2) is 0 Å². The second-order valence-corrected chi connectivity index (χ2v) is 9.85. The van der Waals surface area contributed by atoms with Gasteiger partial charge in [0.1, 0.15) is 23.4 Å². The monoisotopic (exact) mass is 517 g/mol. The lowest BCUT2D eigenvalue weighted by Gasteiger charge is -2.31. The number of halogens is 1. The highest BCUT2D eigenvalue weighted by molar-refractivity contribution is 5.96. The van der Waals surface area contributed by atoms with Gasteiger partial charge in [-0.3, -0.25) is 4.90 Å². The fourth-order valence-electron chi connectivity index (χ4n) is 5.26. The van der Waals surface area contributed by atoms with Gasteiger partial charge in [-0.05, 0) is 78.4 Å². The Morgan fingerprint density at radius 2 is 1.73 bits per heavy atom. The van der Waals surface area contributed by atoms with E-state index in [1.807, 2.05) is 24.3 Å². The van der Waals surface area contributed by atoms with Gasteiger partial charge in [0.15, 0.2) is 0 Å². The predicted octanol–water partition coefficient (Wildman–Crippen LogP) is 7.55. The molecule has 5 rings (SSSR count). The summed E-state index contributed by atoms with van der Waals surface area (Å²) in [6, 6.07) is 23.0. The summed E-state index contributed by atoms with van der Waals surface area (Å²) in [5.41, 5.74) is 6.79. The maximum Gasteiger partial charge on any atom is 0.150 e. The van der Waals surface area contributed by atoms with Crippen LogP contribution in [0.25, 0.3) is 17.2 Å². The molecule has 0 amide bonds. The fourth-order valence-corrected chi connectivity index (χ4v) is 5.26. The summed E-state index contributed by atoms with van der Waals surface area (Å²) in [4.78, 5) is 2.52. The SMILES string of the molecule is COc1cccc(C2=C(C)c3cc(OC)ccc3OC2c2ccc(/C=C\CN3CC[C@@H](C)C3)cc2)c1.Cl. The van der Waals surface area contributed by atoms with Crippen LogP contribution in [-0.2, 0) is 0 Å². The Bertz CT molecular complexity index is 1280. The lowest BCUT2D eigenvalue weighted by Crippen LogP contribution is -2.19. The number of methoxy groups -OCH3 is 2. The smallest absolute Gasteiger partial charge is 0.150 e. The normalized spacial score (nSPS) is 19.4. The van der Waals surface area contributed by atoms with Crippen LogP contribution in [0.4, 0.5) is 0 Å².